The van der Waals surface area contributed by atoms with Crippen molar-refractivity contribution < 1.29 is 19.4 Å². The standard InChI is InChI=1S/C25H32N2O4/c1-24(2,3)31-23(30)27(17-18-13-15-21(26)16-14-18)25(22(28)29,20-11-7-8-12-20)19-9-5-4-6-10-19/h4-6,9-10,13-16,20H,7-8,11-12,17,26H2,1-3H3,(H,28,29)/t25-/m1/s1. The van der Waals surface area contributed by atoms with Crippen LogP contribution >= 0.6 is 0 Å². The van der Waals surface area contributed by atoms with Gasteiger partial charge in [0.2, 0.25) is 0 Å². The molecule has 6 nitrogen and oxygen atoms in total. The summed E-state index contributed by atoms with van der Waals surface area (Å²) in [7, 11) is 0. The summed E-state index contributed by atoms with van der Waals surface area (Å²) in [6.45, 7) is 5.46. The zero-order valence-corrected chi connectivity index (χ0v) is 18.5. The van der Waals surface area contributed by atoms with Gasteiger partial charge in [0.25, 0.3) is 0 Å². The zero-order valence-electron chi connectivity index (χ0n) is 18.5. The normalized spacial score (nSPS) is 16.5. The number of carbonyl (C=O) groups excluding carboxylic acids is 1. The molecule has 2 aromatic rings. The molecule has 1 saturated carbocycles. The highest BCUT2D eigenvalue weighted by Crippen LogP contribution is 2.46. The topological polar surface area (TPSA) is 92.9 Å². The first-order valence-corrected chi connectivity index (χ1v) is 10.8. The largest absolute Gasteiger partial charge is 0.479 e. The first-order chi connectivity index (χ1) is 14.6. The summed E-state index contributed by atoms with van der Waals surface area (Å²) in [5.74, 6) is -1.25. The lowest BCUT2D eigenvalue weighted by atomic mass is 9.75. The molecule has 166 valence electrons. The maximum atomic E-state index is 13.5. The molecule has 31 heavy (non-hydrogen) atoms. The Labute approximate surface area is 184 Å². The zero-order chi connectivity index (χ0) is 22.6. The van der Waals surface area contributed by atoms with Gasteiger partial charge in [0.05, 0.1) is 6.54 Å². The van der Waals surface area contributed by atoms with E-state index in [2.05, 4.69) is 0 Å². The average Bonchev–Trinajstić information content (AvgIpc) is 3.23. The van der Waals surface area contributed by atoms with E-state index in [0.29, 0.717) is 11.3 Å². The first-order valence-electron chi connectivity index (χ1n) is 10.8. The third kappa shape index (κ3) is 4.84. The Morgan fingerprint density at radius 2 is 1.61 bits per heavy atom. The van der Waals surface area contributed by atoms with Gasteiger partial charge in [-0.2, -0.15) is 0 Å². The van der Waals surface area contributed by atoms with Gasteiger partial charge in [0.1, 0.15) is 5.60 Å². The van der Waals surface area contributed by atoms with Gasteiger partial charge in [-0.15, -0.1) is 0 Å². The Morgan fingerprint density at radius 3 is 2.13 bits per heavy atom. The smallest absolute Gasteiger partial charge is 0.411 e. The van der Waals surface area contributed by atoms with Crippen molar-refractivity contribution in [3.8, 4) is 0 Å². The molecule has 2 aromatic carbocycles. The summed E-state index contributed by atoms with van der Waals surface area (Å²) >= 11 is 0. The predicted molar refractivity (Wildman–Crippen MR) is 120 cm³/mol. The van der Waals surface area contributed by atoms with E-state index in [9.17, 15) is 14.7 Å². The maximum Gasteiger partial charge on any atom is 0.411 e. The lowest BCUT2D eigenvalue weighted by Gasteiger charge is -2.45. The van der Waals surface area contributed by atoms with Crippen LogP contribution in [0.5, 0.6) is 0 Å². The van der Waals surface area contributed by atoms with Crippen LogP contribution in [0.2, 0.25) is 0 Å². The number of rotatable bonds is 6. The molecule has 1 fully saturated rings. The number of carbonyl (C=O) groups is 2. The molecule has 0 aromatic heterocycles. The molecule has 1 atom stereocenters. The number of nitrogens with zero attached hydrogens (tertiary/aromatic N) is 1. The van der Waals surface area contributed by atoms with Crippen molar-refractivity contribution >= 4 is 17.7 Å². The molecular formula is C25H32N2O4. The molecule has 3 N–H and O–H groups in total. The minimum Gasteiger partial charge on any atom is -0.479 e. The molecular weight excluding hydrogens is 392 g/mol. The highest BCUT2D eigenvalue weighted by Gasteiger charge is 2.55. The van der Waals surface area contributed by atoms with Crippen molar-refractivity contribution in [1.82, 2.24) is 4.90 Å². The second-order valence-corrected chi connectivity index (χ2v) is 9.23. The fraction of sp³-hybridized carbons (Fsp3) is 0.440. The number of hydrogen-bond donors (Lipinski definition) is 2. The average molecular weight is 425 g/mol. The van der Waals surface area contributed by atoms with Crippen LogP contribution in [0.3, 0.4) is 0 Å². The van der Waals surface area contributed by atoms with Gasteiger partial charge in [-0.25, -0.2) is 9.59 Å². The summed E-state index contributed by atoms with van der Waals surface area (Å²) in [4.78, 5) is 28.0. The monoisotopic (exact) mass is 424 g/mol. The van der Waals surface area contributed by atoms with Crippen LogP contribution in [0.25, 0.3) is 0 Å². The quantitative estimate of drug-likeness (QED) is 0.624. The summed E-state index contributed by atoms with van der Waals surface area (Å²) in [5.41, 5.74) is 5.53. The molecule has 0 aliphatic heterocycles. The Hall–Kier alpha value is -3.02. The molecule has 0 spiro atoms. The Morgan fingerprint density at radius 1 is 1.03 bits per heavy atom. The molecule has 0 bridgehead atoms. The van der Waals surface area contributed by atoms with E-state index in [1.54, 1.807) is 45.0 Å². The molecule has 0 radical (unpaired) electrons. The number of hydrogen-bond acceptors (Lipinski definition) is 4. The van der Waals surface area contributed by atoms with E-state index in [1.807, 2.05) is 30.3 Å². The number of amides is 1. The van der Waals surface area contributed by atoms with Gasteiger partial charge in [-0.05, 0) is 62.8 Å². The number of carboxylic acids is 1. The van der Waals surface area contributed by atoms with E-state index in [-0.39, 0.29) is 12.5 Å². The number of nitrogen functional groups attached to an aromatic ring is 1. The maximum absolute atomic E-state index is 13.5. The van der Waals surface area contributed by atoms with Gasteiger partial charge in [-0.3, -0.25) is 4.90 Å². The number of nitrogens with two attached hydrogens (primary N) is 1. The van der Waals surface area contributed by atoms with Gasteiger partial charge >= 0.3 is 12.1 Å². The highest BCUT2D eigenvalue weighted by molar-refractivity contribution is 5.86. The van der Waals surface area contributed by atoms with E-state index in [1.165, 1.54) is 4.90 Å². The van der Waals surface area contributed by atoms with Crippen molar-refractivity contribution in [2.45, 2.75) is 64.1 Å². The summed E-state index contributed by atoms with van der Waals surface area (Å²) in [5, 5.41) is 10.7. The molecule has 0 unspecified atom stereocenters. The molecule has 1 aliphatic rings. The number of aliphatic carboxylic acids is 1. The number of benzene rings is 2. The van der Waals surface area contributed by atoms with Crippen molar-refractivity contribution in [1.29, 1.82) is 0 Å². The van der Waals surface area contributed by atoms with Crippen LogP contribution < -0.4 is 5.73 Å². The highest BCUT2D eigenvalue weighted by atomic mass is 16.6. The van der Waals surface area contributed by atoms with Gasteiger partial charge in [-0.1, -0.05) is 55.3 Å². The Kier molecular flexibility index (Phi) is 6.58. The van der Waals surface area contributed by atoms with Gasteiger partial charge in [0.15, 0.2) is 5.54 Å². The number of carboxylic acid groups (broad SMARTS) is 1. The third-order valence-corrected chi connectivity index (χ3v) is 5.85. The van der Waals surface area contributed by atoms with Gasteiger partial charge in [0, 0.05) is 5.69 Å². The summed E-state index contributed by atoms with van der Waals surface area (Å²) in [6.07, 6.45) is 2.72. The molecule has 1 amide bonds. The molecule has 0 heterocycles. The molecule has 1 aliphatic carbocycles. The van der Waals surface area contributed by atoms with E-state index >= 15 is 0 Å². The van der Waals surface area contributed by atoms with Crippen molar-refractivity contribution in [2.24, 2.45) is 5.92 Å². The SMILES string of the molecule is CC(C)(C)OC(=O)N(Cc1ccc(N)cc1)[C@](C(=O)O)(c1ccccc1)C1CCCC1. The lowest BCUT2D eigenvalue weighted by Crippen LogP contribution is -2.59. The van der Waals surface area contributed by atoms with Crippen molar-refractivity contribution in [3.63, 3.8) is 0 Å². The summed E-state index contributed by atoms with van der Waals surface area (Å²) in [6, 6.07) is 16.2. The second-order valence-electron chi connectivity index (χ2n) is 9.23. The van der Waals surface area contributed by atoms with Crippen LogP contribution in [0, 0.1) is 5.92 Å². The molecule has 3 rings (SSSR count). The Balaban J connectivity index is 2.18. The predicted octanol–water partition coefficient (Wildman–Crippen LogP) is 5.18. The third-order valence-electron chi connectivity index (χ3n) is 5.85. The van der Waals surface area contributed by atoms with Crippen LogP contribution in [-0.2, 0) is 21.6 Å². The fourth-order valence-electron chi connectivity index (χ4n) is 4.52. The second kappa shape index (κ2) is 9.00. The molecule has 6 heteroatoms. The fourth-order valence-corrected chi connectivity index (χ4v) is 4.52. The first kappa shape index (κ1) is 22.7. The number of ether oxygens (including phenoxy) is 1. The minimum absolute atomic E-state index is 0.104. The van der Waals surface area contributed by atoms with E-state index in [0.717, 1.165) is 31.2 Å². The lowest BCUT2D eigenvalue weighted by molar-refractivity contribution is -0.157. The van der Waals surface area contributed by atoms with Crippen molar-refractivity contribution in [2.75, 3.05) is 5.73 Å². The van der Waals surface area contributed by atoms with Crippen LogP contribution in [0.4, 0.5) is 10.5 Å². The number of anilines is 1. The van der Waals surface area contributed by atoms with Crippen LogP contribution in [0.1, 0.15) is 57.6 Å². The van der Waals surface area contributed by atoms with Crippen molar-refractivity contribution in [3.05, 3.63) is 65.7 Å². The van der Waals surface area contributed by atoms with E-state index < -0.39 is 23.2 Å². The Bertz CT molecular complexity index is 899. The van der Waals surface area contributed by atoms with Gasteiger partial charge < -0.3 is 15.6 Å². The van der Waals surface area contributed by atoms with Crippen LogP contribution in [0.15, 0.2) is 54.6 Å². The minimum atomic E-state index is -1.53. The summed E-state index contributed by atoms with van der Waals surface area (Å²) < 4.78 is 5.73. The van der Waals surface area contributed by atoms with E-state index in [4.69, 9.17) is 10.5 Å². The van der Waals surface area contributed by atoms with Crippen LogP contribution in [-0.4, -0.2) is 27.7 Å². The molecule has 0 saturated heterocycles.